The van der Waals surface area contributed by atoms with Gasteiger partial charge in [-0.3, -0.25) is 4.57 Å². The molecule has 0 aliphatic carbocycles. The number of hydrogen-bond donors (Lipinski definition) is 2. The molecule has 2 rings (SSSR count). The average Bonchev–Trinajstić information content (AvgIpc) is 2.99. The van der Waals surface area contributed by atoms with Gasteiger partial charge in [0.25, 0.3) is 0 Å². The monoisotopic (exact) mass is 468 g/mol. The number of halogens is 2. The van der Waals surface area contributed by atoms with Crippen LogP contribution >= 0.6 is 25.1 Å². The molecule has 2 aliphatic heterocycles. The first-order chi connectivity index (χ1) is 10.7. The first kappa shape index (κ1) is 35.8. The van der Waals surface area contributed by atoms with Crippen LogP contribution in [0.4, 0.5) is 0 Å². The molecule has 12 heteroatoms. The van der Waals surface area contributed by atoms with E-state index in [1.165, 1.54) is 5.57 Å². The first-order valence-electron chi connectivity index (χ1n) is 7.36. The first-order valence-corrected chi connectivity index (χ1v) is 12.1. The van der Waals surface area contributed by atoms with Crippen LogP contribution in [0.15, 0.2) is 22.8 Å². The van der Waals surface area contributed by atoms with E-state index in [1.54, 1.807) is 11.6 Å². The van der Waals surface area contributed by atoms with Crippen LogP contribution in [0.2, 0.25) is 0 Å². The second-order valence-corrected chi connectivity index (χ2v) is 11.6. The van der Waals surface area contributed by atoms with Crippen LogP contribution in [0.3, 0.4) is 0 Å². The van der Waals surface area contributed by atoms with Crippen LogP contribution in [-0.2, 0) is 13.7 Å². The van der Waals surface area contributed by atoms with E-state index in [1.807, 2.05) is 13.8 Å². The molecule has 2 atom stereocenters. The van der Waals surface area contributed by atoms with E-state index in [-0.39, 0.29) is 97.9 Å². The number of aliphatic hydroxyl groups is 2. The van der Waals surface area contributed by atoms with E-state index in [0.29, 0.717) is 12.3 Å². The Labute approximate surface area is 211 Å². The zero-order valence-electron chi connectivity index (χ0n) is 16.0. The Hall–Kier alpha value is 2.36. The van der Waals surface area contributed by atoms with Crippen molar-refractivity contribution in [2.45, 2.75) is 26.7 Å². The molecule has 0 bridgehead atoms. The maximum atomic E-state index is 11.6. The Balaban J connectivity index is -0.000000145. The van der Waals surface area contributed by atoms with E-state index < -0.39 is 13.9 Å². The Kier molecular flexibility index (Phi) is 26.6. The van der Waals surface area contributed by atoms with Crippen molar-refractivity contribution in [2.24, 2.45) is 0 Å². The quantitative estimate of drug-likeness (QED) is 0.314. The van der Waals surface area contributed by atoms with Crippen molar-refractivity contribution in [3.63, 3.8) is 0 Å². The van der Waals surface area contributed by atoms with Gasteiger partial charge in [0.05, 0.1) is 13.2 Å². The third-order valence-corrected chi connectivity index (χ3v) is 7.71. The summed E-state index contributed by atoms with van der Waals surface area (Å²) < 4.78 is 27.5. The molecule has 0 saturated carbocycles. The van der Waals surface area contributed by atoms with Gasteiger partial charge < -0.3 is 36.8 Å². The molecule has 0 spiro atoms. The molecule has 144 valence electrons. The van der Waals surface area contributed by atoms with E-state index in [2.05, 4.69) is 0 Å². The Bertz CT molecular complexity index is 516. The molecule has 0 aromatic carbocycles. The van der Waals surface area contributed by atoms with E-state index in [0.717, 1.165) is 18.4 Å². The van der Waals surface area contributed by atoms with E-state index in [4.69, 9.17) is 31.1 Å². The van der Waals surface area contributed by atoms with Gasteiger partial charge in [-0.05, 0) is 49.6 Å². The number of aliphatic hydroxyl groups excluding tert-OH is 2. The van der Waals surface area contributed by atoms with Crippen molar-refractivity contribution in [1.82, 2.24) is 0 Å². The maximum Gasteiger partial charge on any atom is 1.00 e. The minimum Gasteiger partial charge on any atom is -1.00 e. The summed E-state index contributed by atoms with van der Waals surface area (Å²) in [5.41, 5.74) is 2.30. The van der Waals surface area contributed by atoms with Gasteiger partial charge in [0.15, 0.2) is 6.49 Å². The second-order valence-electron chi connectivity index (χ2n) is 5.31. The van der Waals surface area contributed by atoms with Crippen molar-refractivity contribution < 1.29 is 100 Å². The second kappa shape index (κ2) is 19.3. The van der Waals surface area contributed by atoms with Crippen LogP contribution in [-0.4, -0.2) is 49.0 Å². The van der Waals surface area contributed by atoms with Crippen LogP contribution in [0.25, 0.3) is 0 Å². The Morgan fingerprint density at radius 3 is 1.77 bits per heavy atom. The van der Waals surface area contributed by atoms with Gasteiger partial charge in [0.2, 0.25) is 7.37 Å². The SMILES string of the molecule is CC1=CP(=O)(Cl)CC1.CC1=CP(=O)(OCCO)CC1.[Cl-].[Na+].[Na+].[O-]CCO. The van der Waals surface area contributed by atoms with E-state index >= 15 is 0 Å². The third-order valence-electron chi connectivity index (χ3n) is 2.95. The molecule has 2 aliphatic rings. The predicted octanol–water partition coefficient (Wildman–Crippen LogP) is -6.26. The molecule has 26 heavy (non-hydrogen) atoms. The molecule has 6 nitrogen and oxygen atoms in total. The zero-order chi connectivity index (χ0) is 17.9. The fourth-order valence-corrected chi connectivity index (χ4v) is 6.40. The number of hydrogen-bond acceptors (Lipinski definition) is 6. The van der Waals surface area contributed by atoms with Crippen molar-refractivity contribution >= 4 is 25.1 Å². The smallest absolute Gasteiger partial charge is 1.00 e. The fourth-order valence-electron chi connectivity index (χ4n) is 1.88. The molecule has 0 radical (unpaired) electrons. The van der Waals surface area contributed by atoms with Crippen LogP contribution < -0.4 is 76.6 Å². The van der Waals surface area contributed by atoms with Crippen molar-refractivity contribution in [3.05, 3.63) is 22.8 Å². The molecular weight excluding hydrogens is 443 g/mol. The molecule has 0 fully saturated rings. The summed E-state index contributed by atoms with van der Waals surface area (Å²) in [5, 5.41) is 25.1. The zero-order valence-corrected chi connectivity index (χ0v) is 23.3. The normalized spacial score (nSPS) is 25.6. The van der Waals surface area contributed by atoms with Gasteiger partial charge in [-0.1, -0.05) is 11.1 Å². The third kappa shape index (κ3) is 18.4. The summed E-state index contributed by atoms with van der Waals surface area (Å²) >= 11 is 5.54. The standard InChI is InChI=1S/C7H13O3P.C5H8ClOP.C2H5O2.ClH.2Na/c1-7-2-5-11(9,6-7)10-4-3-8;1-5-2-3-8(6,7)4-5;3-1-2-4;;;/h6,8H,2-5H2,1H3;4H,2-3H2,1H3;3H,1-2H2;1H;;/q;;-1;;2*+1/p-1. The number of rotatable bonds is 4. The summed E-state index contributed by atoms with van der Waals surface area (Å²) in [4.78, 5) is 0. The summed E-state index contributed by atoms with van der Waals surface area (Å²) in [6.07, 6.45) is 3.06. The minimum absolute atomic E-state index is 0. The predicted molar refractivity (Wildman–Crippen MR) is 92.5 cm³/mol. The molecule has 2 N–H and O–H groups in total. The van der Waals surface area contributed by atoms with Crippen LogP contribution in [0.1, 0.15) is 26.7 Å². The Morgan fingerprint density at radius 2 is 1.54 bits per heavy atom. The Morgan fingerprint density at radius 1 is 1.08 bits per heavy atom. The summed E-state index contributed by atoms with van der Waals surface area (Å²) in [7, 11) is -2.46. The average molecular weight is 469 g/mol. The molecule has 2 unspecified atom stereocenters. The molecular formula is C14H26Cl2Na2O6P2. The van der Waals surface area contributed by atoms with Gasteiger partial charge in [0, 0.05) is 18.9 Å². The maximum absolute atomic E-state index is 11.6. The van der Waals surface area contributed by atoms with Gasteiger partial charge >= 0.3 is 59.1 Å². The largest absolute Gasteiger partial charge is 1.00 e. The topological polar surface area (TPSA) is 107 Å². The summed E-state index contributed by atoms with van der Waals surface area (Å²) in [6.45, 7) is 1.13. The molecule has 0 aromatic heterocycles. The van der Waals surface area contributed by atoms with Crippen molar-refractivity contribution in [2.75, 3.05) is 38.8 Å². The summed E-state index contributed by atoms with van der Waals surface area (Å²) in [5.74, 6) is 3.41. The molecule has 0 saturated heterocycles. The van der Waals surface area contributed by atoms with Crippen molar-refractivity contribution in [3.8, 4) is 0 Å². The van der Waals surface area contributed by atoms with Gasteiger partial charge in [-0.2, -0.15) is 0 Å². The molecule has 0 aromatic rings. The molecule has 2 heterocycles. The van der Waals surface area contributed by atoms with Gasteiger partial charge in [-0.15, -0.1) is 6.61 Å². The number of allylic oxidation sites excluding steroid dienone is 2. The molecule has 0 amide bonds. The van der Waals surface area contributed by atoms with Crippen LogP contribution in [0.5, 0.6) is 0 Å². The van der Waals surface area contributed by atoms with Gasteiger partial charge in [-0.25, -0.2) is 0 Å². The van der Waals surface area contributed by atoms with E-state index in [9.17, 15) is 9.13 Å². The van der Waals surface area contributed by atoms with Crippen LogP contribution in [0, 0.1) is 0 Å². The van der Waals surface area contributed by atoms with Crippen molar-refractivity contribution in [1.29, 1.82) is 0 Å². The summed E-state index contributed by atoms with van der Waals surface area (Å²) in [6, 6.07) is 0. The minimum atomic E-state index is -2.46. The van der Waals surface area contributed by atoms with Gasteiger partial charge in [0.1, 0.15) is 0 Å². The fraction of sp³-hybridized carbons (Fsp3) is 0.714.